The Hall–Kier alpha value is -2.10. The Balaban J connectivity index is 1.83. The molecule has 0 aromatic carbocycles. The summed E-state index contributed by atoms with van der Waals surface area (Å²) in [5.41, 5.74) is 1.07. The van der Waals surface area contributed by atoms with Gasteiger partial charge in [0.05, 0.1) is 22.9 Å². The minimum atomic E-state index is -0.771. The number of hydrogen-bond acceptors (Lipinski definition) is 7. The molecular weight excluding hydrogens is 398 g/mol. The maximum atomic E-state index is 12.8. The van der Waals surface area contributed by atoms with Gasteiger partial charge < -0.3 is 14.7 Å². The van der Waals surface area contributed by atoms with E-state index in [2.05, 4.69) is 11.6 Å². The molecule has 2 aromatic heterocycles. The first-order valence-corrected chi connectivity index (χ1v) is 11.0. The van der Waals surface area contributed by atoms with Crippen molar-refractivity contribution in [2.75, 3.05) is 12.9 Å². The number of hydrogen-bond donors (Lipinski definition) is 1. The van der Waals surface area contributed by atoms with Gasteiger partial charge in [-0.25, -0.2) is 9.78 Å². The number of imidazole rings is 1. The van der Waals surface area contributed by atoms with E-state index >= 15 is 0 Å². The third-order valence-electron chi connectivity index (χ3n) is 5.34. The fraction of sp³-hybridized carbons (Fsp3) is 0.421. The topological polar surface area (TPSA) is 84.1 Å². The monoisotopic (exact) mass is 419 g/mol. The van der Waals surface area contributed by atoms with Gasteiger partial charge in [0.15, 0.2) is 0 Å². The highest BCUT2D eigenvalue weighted by Gasteiger charge is 2.60. The zero-order valence-electron chi connectivity index (χ0n) is 15.8. The van der Waals surface area contributed by atoms with Crippen molar-refractivity contribution in [3.8, 4) is 0 Å². The summed E-state index contributed by atoms with van der Waals surface area (Å²) in [6.07, 6.45) is 6.38. The van der Waals surface area contributed by atoms with E-state index < -0.39 is 18.0 Å². The molecule has 7 nitrogen and oxygen atoms in total. The number of β-lactam (4-membered cyclic amide) rings is 1. The number of aliphatic hydroxyl groups excluding tert-OH is 1. The van der Waals surface area contributed by atoms with Crippen molar-refractivity contribution in [2.24, 2.45) is 11.8 Å². The first-order valence-electron chi connectivity index (χ1n) is 8.94. The molecular formula is C19H21N3O4S2. The van der Waals surface area contributed by atoms with Gasteiger partial charge in [-0.3, -0.25) is 9.20 Å². The van der Waals surface area contributed by atoms with Gasteiger partial charge >= 0.3 is 5.97 Å². The summed E-state index contributed by atoms with van der Waals surface area (Å²) in [7, 11) is 0. The van der Waals surface area contributed by atoms with Crippen molar-refractivity contribution in [1.82, 2.24) is 14.3 Å². The Bertz CT molecular complexity index is 1010. The van der Waals surface area contributed by atoms with Crippen LogP contribution in [0.5, 0.6) is 0 Å². The molecule has 1 amide bonds. The lowest BCUT2D eigenvalue weighted by atomic mass is 9.77. The SMILES string of the molecule is C=CCOC(=O)C1=C(c2cn3cnc(SC)c3s2)[C@H](C)[C@@H]2[C@@H]([C@@H](C)O)C(=O)N12. The molecule has 2 aliphatic heterocycles. The van der Waals surface area contributed by atoms with Crippen molar-refractivity contribution in [3.05, 3.63) is 35.8 Å². The van der Waals surface area contributed by atoms with Crippen molar-refractivity contribution >= 4 is 45.4 Å². The number of aromatic nitrogens is 2. The van der Waals surface area contributed by atoms with Gasteiger partial charge in [0.2, 0.25) is 5.91 Å². The molecule has 2 aromatic rings. The lowest BCUT2D eigenvalue weighted by Gasteiger charge is -2.46. The minimum Gasteiger partial charge on any atom is -0.457 e. The molecule has 4 atom stereocenters. The summed E-state index contributed by atoms with van der Waals surface area (Å²) in [5, 5.41) is 11.0. The van der Waals surface area contributed by atoms with Crippen LogP contribution >= 0.6 is 23.1 Å². The smallest absolute Gasteiger partial charge is 0.355 e. The van der Waals surface area contributed by atoms with E-state index in [1.807, 2.05) is 23.8 Å². The predicted octanol–water partition coefficient (Wildman–Crippen LogP) is 2.42. The number of aliphatic hydroxyl groups is 1. The molecule has 0 aliphatic carbocycles. The highest BCUT2D eigenvalue weighted by atomic mass is 32.2. The van der Waals surface area contributed by atoms with Crippen LogP contribution < -0.4 is 0 Å². The summed E-state index contributed by atoms with van der Waals surface area (Å²) < 4.78 is 7.21. The Morgan fingerprint density at radius 2 is 2.32 bits per heavy atom. The van der Waals surface area contributed by atoms with Gasteiger partial charge in [-0.05, 0) is 13.2 Å². The number of fused-ring (bicyclic) bond motifs is 2. The molecule has 0 spiro atoms. The van der Waals surface area contributed by atoms with Crippen LogP contribution in [0.3, 0.4) is 0 Å². The first-order chi connectivity index (χ1) is 13.4. The molecule has 1 saturated heterocycles. The summed E-state index contributed by atoms with van der Waals surface area (Å²) in [4.78, 5) is 33.3. The van der Waals surface area contributed by atoms with Gasteiger partial charge in [0, 0.05) is 17.7 Å². The third kappa shape index (κ3) is 2.64. The number of nitrogens with zero attached hydrogens (tertiary/aromatic N) is 3. The molecule has 0 unspecified atom stereocenters. The quantitative estimate of drug-likeness (QED) is 0.335. The lowest BCUT2D eigenvalue weighted by Crippen LogP contribution is -2.63. The van der Waals surface area contributed by atoms with Crippen LogP contribution in [0, 0.1) is 11.8 Å². The number of amides is 1. The number of thioether (sulfide) groups is 1. The van der Waals surface area contributed by atoms with E-state index in [-0.39, 0.29) is 30.2 Å². The number of carbonyl (C=O) groups excluding carboxylic acids is 2. The fourth-order valence-electron chi connectivity index (χ4n) is 4.13. The predicted molar refractivity (Wildman–Crippen MR) is 108 cm³/mol. The Morgan fingerprint density at radius 1 is 1.57 bits per heavy atom. The maximum absolute atomic E-state index is 12.8. The van der Waals surface area contributed by atoms with E-state index in [1.165, 1.54) is 22.3 Å². The molecule has 148 valence electrons. The average molecular weight is 420 g/mol. The lowest BCUT2D eigenvalue weighted by molar-refractivity contribution is -0.164. The van der Waals surface area contributed by atoms with Crippen LogP contribution in [0.15, 0.2) is 35.9 Å². The molecule has 0 saturated carbocycles. The molecule has 1 N–H and O–H groups in total. The normalized spacial score (nSPS) is 25.1. The highest BCUT2D eigenvalue weighted by molar-refractivity contribution is 7.98. The molecule has 9 heteroatoms. The minimum absolute atomic E-state index is 0.0727. The summed E-state index contributed by atoms with van der Waals surface area (Å²) in [6, 6.07) is -0.242. The second-order valence-electron chi connectivity index (χ2n) is 6.96. The van der Waals surface area contributed by atoms with E-state index in [9.17, 15) is 14.7 Å². The number of esters is 1. The van der Waals surface area contributed by atoms with Crippen molar-refractivity contribution < 1.29 is 19.4 Å². The largest absolute Gasteiger partial charge is 0.457 e. The molecule has 4 rings (SSSR count). The molecule has 0 bridgehead atoms. The number of thiazole rings is 1. The first kappa shape index (κ1) is 19.2. The van der Waals surface area contributed by atoms with E-state index in [0.29, 0.717) is 0 Å². The maximum Gasteiger partial charge on any atom is 0.355 e. The van der Waals surface area contributed by atoms with Gasteiger partial charge in [0.25, 0.3) is 0 Å². The second kappa shape index (κ2) is 7.06. The van der Waals surface area contributed by atoms with Crippen LogP contribution in [0.1, 0.15) is 18.7 Å². The summed E-state index contributed by atoms with van der Waals surface area (Å²) >= 11 is 3.10. The van der Waals surface area contributed by atoms with E-state index in [4.69, 9.17) is 4.74 Å². The Labute approximate surface area is 170 Å². The van der Waals surface area contributed by atoms with Crippen LogP contribution in [0.4, 0.5) is 0 Å². The highest BCUT2D eigenvalue weighted by Crippen LogP contribution is 2.51. The van der Waals surface area contributed by atoms with Crippen molar-refractivity contribution in [1.29, 1.82) is 0 Å². The van der Waals surface area contributed by atoms with Crippen LogP contribution in [0.2, 0.25) is 0 Å². The Kier molecular flexibility index (Phi) is 4.84. The van der Waals surface area contributed by atoms with E-state index in [1.54, 1.807) is 25.0 Å². The number of rotatable bonds is 6. The van der Waals surface area contributed by atoms with Crippen molar-refractivity contribution in [3.63, 3.8) is 0 Å². The number of carbonyl (C=O) groups is 2. The van der Waals surface area contributed by atoms with Gasteiger partial charge in [0.1, 0.15) is 28.5 Å². The Morgan fingerprint density at radius 3 is 2.96 bits per heavy atom. The molecule has 0 radical (unpaired) electrons. The number of ether oxygens (including phenoxy) is 1. The summed E-state index contributed by atoms with van der Waals surface area (Å²) in [6.45, 7) is 7.25. The average Bonchev–Trinajstić information content (AvgIpc) is 3.28. The fourth-order valence-corrected chi connectivity index (χ4v) is 6.05. The molecule has 1 fully saturated rings. The zero-order chi connectivity index (χ0) is 20.2. The molecule has 2 aliphatic rings. The van der Waals surface area contributed by atoms with Gasteiger partial charge in [-0.15, -0.1) is 23.1 Å². The van der Waals surface area contributed by atoms with Gasteiger partial charge in [-0.1, -0.05) is 19.6 Å². The van der Waals surface area contributed by atoms with Crippen LogP contribution in [0.25, 0.3) is 10.4 Å². The van der Waals surface area contributed by atoms with E-state index in [0.717, 1.165) is 20.3 Å². The van der Waals surface area contributed by atoms with Crippen LogP contribution in [-0.4, -0.2) is 56.3 Å². The molecule has 4 heterocycles. The standard InChI is InChI=1S/C19H21N3O4S2/c1-5-6-26-19(25)15-12(9(2)14-13(10(3)23)17(24)22(14)15)11-7-21-8-20-16(27-4)18(21)28-11/h5,7-10,13-14,23H,1,6H2,2-4H3/t9-,10+,13+,14+/m0/s1. The zero-order valence-corrected chi connectivity index (χ0v) is 17.4. The summed E-state index contributed by atoms with van der Waals surface area (Å²) in [5.74, 6) is -1.38. The van der Waals surface area contributed by atoms with Crippen molar-refractivity contribution in [2.45, 2.75) is 31.0 Å². The van der Waals surface area contributed by atoms with Crippen LogP contribution in [-0.2, 0) is 14.3 Å². The molecule has 28 heavy (non-hydrogen) atoms. The third-order valence-corrected chi connectivity index (χ3v) is 7.29. The van der Waals surface area contributed by atoms with Gasteiger partial charge in [-0.2, -0.15) is 0 Å². The second-order valence-corrected chi connectivity index (χ2v) is 8.79.